The van der Waals surface area contributed by atoms with Crippen molar-refractivity contribution in [3.63, 3.8) is 0 Å². The molecule has 0 N–H and O–H groups in total. The molecule has 6 heteroatoms. The molecule has 5 atom stereocenters. The van der Waals surface area contributed by atoms with Crippen LogP contribution in [0.15, 0.2) is 88.9 Å². The van der Waals surface area contributed by atoms with Crippen LogP contribution >= 0.6 is 23.2 Å². The quantitative estimate of drug-likeness (QED) is 0.167. The third-order valence-corrected chi connectivity index (χ3v) is 9.73. The third-order valence-electron chi connectivity index (χ3n) is 9.23. The number of ether oxygens (including phenoxy) is 2. The van der Waals surface area contributed by atoms with E-state index in [2.05, 4.69) is 104 Å². The number of halogens is 2. The zero-order chi connectivity index (χ0) is 34.2. The molecule has 0 radical (unpaired) electrons. The molecular weight excluding hydrogens is 611 g/mol. The van der Waals surface area contributed by atoms with Crippen LogP contribution in [0.5, 0.6) is 0 Å². The van der Waals surface area contributed by atoms with E-state index in [-0.39, 0.29) is 30.1 Å². The lowest BCUT2D eigenvalue weighted by atomic mass is 9.68. The van der Waals surface area contributed by atoms with Gasteiger partial charge in [-0.3, -0.25) is 4.99 Å². The van der Waals surface area contributed by atoms with Crippen molar-refractivity contribution in [1.82, 2.24) is 4.90 Å². The van der Waals surface area contributed by atoms with Gasteiger partial charge in [0, 0.05) is 46.7 Å². The van der Waals surface area contributed by atoms with Crippen LogP contribution in [0.25, 0.3) is 0 Å². The highest BCUT2D eigenvalue weighted by molar-refractivity contribution is 6.30. The Morgan fingerprint density at radius 2 is 1.50 bits per heavy atom. The van der Waals surface area contributed by atoms with Gasteiger partial charge in [0.1, 0.15) is 17.3 Å². The normalized spacial score (nSPS) is 20.8. The van der Waals surface area contributed by atoms with Gasteiger partial charge in [0.2, 0.25) is 0 Å². The molecule has 1 aliphatic rings. The lowest BCUT2D eigenvalue weighted by Crippen LogP contribution is -2.47. The number of hydrogen-bond donors (Lipinski definition) is 0. The first-order valence-electron chi connectivity index (χ1n) is 17.0. The monoisotopic (exact) mass is 666 g/mol. The largest absolute Gasteiger partial charge is 0.494 e. The Morgan fingerprint density at radius 3 is 1.96 bits per heavy atom. The van der Waals surface area contributed by atoms with Gasteiger partial charge in [0.15, 0.2) is 0 Å². The van der Waals surface area contributed by atoms with Gasteiger partial charge in [-0.25, -0.2) is 0 Å². The predicted molar refractivity (Wildman–Crippen MR) is 198 cm³/mol. The van der Waals surface area contributed by atoms with Crippen LogP contribution in [0.1, 0.15) is 111 Å². The Balaban J connectivity index is 2.48. The lowest BCUT2D eigenvalue weighted by molar-refractivity contribution is 0.0852. The van der Waals surface area contributed by atoms with Gasteiger partial charge in [-0.05, 0) is 99.9 Å². The molecule has 0 bridgehead atoms. The van der Waals surface area contributed by atoms with E-state index in [9.17, 15) is 0 Å². The van der Waals surface area contributed by atoms with E-state index < -0.39 is 5.41 Å². The molecule has 1 aliphatic carbocycles. The summed E-state index contributed by atoms with van der Waals surface area (Å²) in [7, 11) is 1.80. The van der Waals surface area contributed by atoms with Crippen LogP contribution < -0.4 is 0 Å². The molecule has 252 valence electrons. The van der Waals surface area contributed by atoms with Gasteiger partial charge in [0.05, 0.1) is 12.1 Å². The Labute approximate surface area is 289 Å². The maximum absolute atomic E-state index is 6.81. The van der Waals surface area contributed by atoms with Crippen molar-refractivity contribution in [2.75, 3.05) is 13.7 Å². The molecule has 0 saturated heterocycles. The van der Waals surface area contributed by atoms with E-state index in [0.717, 1.165) is 60.0 Å². The lowest BCUT2D eigenvalue weighted by Gasteiger charge is -2.48. The summed E-state index contributed by atoms with van der Waals surface area (Å²) < 4.78 is 13.0. The van der Waals surface area contributed by atoms with Gasteiger partial charge < -0.3 is 14.4 Å². The fourth-order valence-electron chi connectivity index (χ4n) is 6.63. The van der Waals surface area contributed by atoms with Crippen molar-refractivity contribution in [3.05, 3.63) is 105 Å². The molecule has 0 spiro atoms. The van der Waals surface area contributed by atoms with Crippen molar-refractivity contribution >= 4 is 28.9 Å². The highest BCUT2D eigenvalue weighted by atomic mass is 35.5. The second-order valence-electron chi connectivity index (χ2n) is 13.1. The van der Waals surface area contributed by atoms with E-state index in [1.807, 2.05) is 24.3 Å². The van der Waals surface area contributed by atoms with E-state index >= 15 is 0 Å². The molecule has 0 amide bonds. The van der Waals surface area contributed by atoms with Gasteiger partial charge in [-0.15, -0.1) is 0 Å². The van der Waals surface area contributed by atoms with E-state index in [0.29, 0.717) is 5.02 Å². The average molecular weight is 668 g/mol. The zero-order valence-corrected chi connectivity index (χ0v) is 31.3. The maximum Gasteiger partial charge on any atom is 0.113 e. The molecule has 3 rings (SSSR count). The summed E-state index contributed by atoms with van der Waals surface area (Å²) in [4.78, 5) is 8.24. The predicted octanol–water partition coefficient (Wildman–Crippen LogP) is 12.0. The van der Waals surface area contributed by atoms with Gasteiger partial charge in [-0.2, -0.15) is 0 Å². The molecule has 5 unspecified atom stereocenters. The minimum absolute atomic E-state index is 0.0261. The summed E-state index contributed by atoms with van der Waals surface area (Å²) in [6.07, 6.45) is 5.67. The standard InChI is InChI=1S/C40H56Cl2N2O2/c1-12-15-35(43-38(31-18-22-33(42)23-19-31)29(9)30-16-20-32(41)21-17-30)40(10)36(46-27(6)7)25-34(45-11)37(28(8)14-3)39(40)44(24-13-2)26(4)5/h16-23,25,27-29,34,38H,4,12-15,24H2,1-3,5-11H3. The van der Waals surface area contributed by atoms with E-state index in [1.165, 1.54) is 16.8 Å². The fraction of sp³-hybridized carbons (Fsp3) is 0.525. The molecule has 0 heterocycles. The summed E-state index contributed by atoms with van der Waals surface area (Å²) in [5.41, 5.74) is 6.20. The van der Waals surface area contributed by atoms with Crippen LogP contribution in [0.2, 0.25) is 10.0 Å². The minimum atomic E-state index is -0.660. The van der Waals surface area contributed by atoms with Gasteiger partial charge in [0.25, 0.3) is 0 Å². The van der Waals surface area contributed by atoms with Crippen molar-refractivity contribution in [3.8, 4) is 0 Å². The molecule has 0 aliphatic heterocycles. The molecule has 0 fully saturated rings. The Bertz CT molecular complexity index is 1390. The number of aliphatic imine (C=N–C) groups is 1. The molecule has 0 aromatic heterocycles. The summed E-state index contributed by atoms with van der Waals surface area (Å²) in [5.74, 6) is 1.23. The fourth-order valence-corrected chi connectivity index (χ4v) is 6.88. The van der Waals surface area contributed by atoms with Crippen LogP contribution in [0, 0.1) is 11.3 Å². The first-order chi connectivity index (χ1) is 21.8. The number of rotatable bonds is 16. The van der Waals surface area contributed by atoms with Crippen molar-refractivity contribution in [2.24, 2.45) is 16.3 Å². The first kappa shape index (κ1) is 37.9. The third kappa shape index (κ3) is 8.48. The van der Waals surface area contributed by atoms with E-state index in [1.54, 1.807) is 7.11 Å². The molecule has 2 aromatic rings. The maximum atomic E-state index is 6.81. The van der Waals surface area contributed by atoms with Crippen LogP contribution in [0.4, 0.5) is 0 Å². The zero-order valence-electron chi connectivity index (χ0n) is 29.8. The van der Waals surface area contributed by atoms with Crippen LogP contribution in [0.3, 0.4) is 0 Å². The molecule has 2 aromatic carbocycles. The average Bonchev–Trinajstić information content (AvgIpc) is 3.02. The summed E-state index contributed by atoms with van der Waals surface area (Å²) >= 11 is 12.7. The first-order valence-corrected chi connectivity index (χ1v) is 17.8. The van der Waals surface area contributed by atoms with Crippen molar-refractivity contribution in [2.45, 2.75) is 112 Å². The topological polar surface area (TPSA) is 34.1 Å². The van der Waals surface area contributed by atoms with Crippen molar-refractivity contribution in [1.29, 1.82) is 0 Å². The smallest absolute Gasteiger partial charge is 0.113 e. The number of allylic oxidation sites excluding steroid dienone is 1. The second-order valence-corrected chi connectivity index (χ2v) is 14.0. The summed E-state index contributed by atoms with van der Waals surface area (Å²) in [6, 6.07) is 16.1. The second kappa shape index (κ2) is 17.0. The van der Waals surface area contributed by atoms with Gasteiger partial charge in [-0.1, -0.05) is 95.1 Å². The Hall–Kier alpha value is -2.53. The minimum Gasteiger partial charge on any atom is -0.494 e. The molecule has 0 saturated carbocycles. The van der Waals surface area contributed by atoms with E-state index in [4.69, 9.17) is 37.7 Å². The molecule has 46 heavy (non-hydrogen) atoms. The number of nitrogens with zero attached hydrogens (tertiary/aromatic N) is 2. The van der Waals surface area contributed by atoms with Crippen LogP contribution in [-0.2, 0) is 9.47 Å². The number of benzene rings is 2. The Kier molecular flexibility index (Phi) is 14.0. The summed E-state index contributed by atoms with van der Waals surface area (Å²) in [5, 5.41) is 1.43. The number of methoxy groups -OCH3 is 1. The molecule has 4 nitrogen and oxygen atoms in total. The van der Waals surface area contributed by atoms with Crippen LogP contribution in [-0.4, -0.2) is 36.5 Å². The highest BCUT2D eigenvalue weighted by Gasteiger charge is 2.49. The highest BCUT2D eigenvalue weighted by Crippen LogP contribution is 2.51. The van der Waals surface area contributed by atoms with Crippen molar-refractivity contribution < 1.29 is 9.47 Å². The number of hydrogen-bond acceptors (Lipinski definition) is 4. The summed E-state index contributed by atoms with van der Waals surface area (Å²) in [6.45, 7) is 25.2. The Morgan fingerprint density at radius 1 is 0.935 bits per heavy atom. The van der Waals surface area contributed by atoms with Gasteiger partial charge >= 0.3 is 0 Å². The SMILES string of the molecule is C=C(C)N(CCC)C1=C(C(C)CC)C(OC)C=C(OC(C)C)C1(C)C(CCC)=NC(c1ccc(Cl)cc1)C(C)c1ccc(Cl)cc1. The molecular formula is C40H56Cl2N2O2.